The number of benzene rings is 2. The van der Waals surface area contributed by atoms with Crippen molar-refractivity contribution in [1.29, 1.82) is 0 Å². The molecule has 0 heterocycles. The van der Waals surface area contributed by atoms with Gasteiger partial charge >= 0.3 is 0 Å². The molecule has 140 valence electrons. The Kier molecular flexibility index (Phi) is 6.85. The van der Waals surface area contributed by atoms with Crippen LogP contribution in [0.25, 0.3) is 0 Å². The van der Waals surface area contributed by atoms with E-state index in [4.69, 9.17) is 9.47 Å². The van der Waals surface area contributed by atoms with Crippen LogP contribution in [-0.2, 0) is 4.79 Å². The van der Waals surface area contributed by atoms with Crippen molar-refractivity contribution in [3.8, 4) is 11.5 Å². The highest BCUT2D eigenvalue weighted by Gasteiger charge is 2.16. The first kappa shape index (κ1) is 19.6. The lowest BCUT2D eigenvalue weighted by atomic mass is 10.2. The zero-order valence-corrected chi connectivity index (χ0v) is 14.4. The van der Waals surface area contributed by atoms with Gasteiger partial charge in [0.1, 0.15) is 18.1 Å². The summed E-state index contributed by atoms with van der Waals surface area (Å²) in [7, 11) is 3.25. The molecule has 0 radical (unpaired) electrons. The zero-order valence-electron chi connectivity index (χ0n) is 14.4. The summed E-state index contributed by atoms with van der Waals surface area (Å²) in [6.45, 7) is 0.694. The van der Waals surface area contributed by atoms with E-state index in [-0.39, 0.29) is 6.54 Å². The third kappa shape index (κ3) is 5.38. The molecular weight excluding hydrogens is 349 g/mol. The molecule has 2 rings (SSSR count). The third-order valence-electron chi connectivity index (χ3n) is 3.52. The highest BCUT2D eigenvalue weighted by molar-refractivity contribution is 5.92. The number of nitrogens with one attached hydrogen (secondary N) is 1. The first-order chi connectivity index (χ1) is 12.4. The molecule has 8 heteroatoms. The zero-order chi connectivity index (χ0) is 19.1. The Morgan fingerprint density at radius 3 is 2.35 bits per heavy atom. The van der Waals surface area contributed by atoms with Crippen molar-refractivity contribution < 1.29 is 27.4 Å². The van der Waals surface area contributed by atoms with Crippen LogP contribution in [0, 0.1) is 17.5 Å². The van der Waals surface area contributed by atoms with E-state index in [2.05, 4.69) is 5.32 Å². The molecule has 0 saturated heterocycles. The highest BCUT2D eigenvalue weighted by Crippen LogP contribution is 2.19. The van der Waals surface area contributed by atoms with E-state index in [1.807, 2.05) is 0 Å². The van der Waals surface area contributed by atoms with E-state index in [9.17, 15) is 18.0 Å². The van der Waals surface area contributed by atoms with E-state index < -0.39 is 29.0 Å². The summed E-state index contributed by atoms with van der Waals surface area (Å²) < 4.78 is 50.1. The maximum absolute atomic E-state index is 13.5. The predicted octanol–water partition coefficient (Wildman–Crippen LogP) is 3.06. The molecule has 0 aliphatic carbocycles. The summed E-state index contributed by atoms with van der Waals surface area (Å²) in [5, 5.41) is 2.21. The molecule has 0 spiro atoms. The first-order valence-electron chi connectivity index (χ1n) is 7.79. The van der Waals surface area contributed by atoms with E-state index in [0.717, 1.165) is 17.9 Å². The van der Waals surface area contributed by atoms with E-state index in [0.29, 0.717) is 18.9 Å². The Bertz CT molecular complexity index is 754. The van der Waals surface area contributed by atoms with Gasteiger partial charge in [-0.15, -0.1) is 0 Å². The molecule has 0 bridgehead atoms. The number of likely N-dealkylation sites (N-methyl/N-ethyl adjacent to an activating group) is 1. The van der Waals surface area contributed by atoms with Crippen molar-refractivity contribution in [2.24, 2.45) is 0 Å². The van der Waals surface area contributed by atoms with Crippen molar-refractivity contribution in [3.63, 3.8) is 0 Å². The number of ether oxygens (including phenoxy) is 2. The largest absolute Gasteiger partial charge is 0.497 e. The number of methoxy groups -OCH3 is 1. The van der Waals surface area contributed by atoms with E-state index >= 15 is 0 Å². The standard InChI is InChI=1S/C18H19F3N2O3/c1-23(9-10-26-13-5-3-12(25-2)4-6-13)11-16(24)22-15-8-7-14(19)17(20)18(15)21/h3-8H,9-11H2,1-2H3,(H,22,24). The fourth-order valence-electron chi connectivity index (χ4n) is 2.13. The van der Waals surface area contributed by atoms with Crippen molar-refractivity contribution >= 4 is 11.6 Å². The van der Waals surface area contributed by atoms with Gasteiger partial charge in [0.05, 0.1) is 19.3 Å². The van der Waals surface area contributed by atoms with Gasteiger partial charge in [-0.2, -0.15) is 0 Å². The molecule has 0 saturated carbocycles. The molecule has 0 fully saturated rings. The Morgan fingerprint density at radius 1 is 1.04 bits per heavy atom. The van der Waals surface area contributed by atoms with Crippen LogP contribution in [0.1, 0.15) is 0 Å². The summed E-state index contributed by atoms with van der Waals surface area (Å²) in [4.78, 5) is 13.5. The van der Waals surface area contributed by atoms with Gasteiger partial charge in [0.2, 0.25) is 5.91 Å². The van der Waals surface area contributed by atoms with Gasteiger partial charge in [-0.1, -0.05) is 0 Å². The molecular formula is C18H19F3N2O3. The molecule has 5 nitrogen and oxygen atoms in total. The minimum atomic E-state index is -1.62. The lowest BCUT2D eigenvalue weighted by Crippen LogP contribution is -2.33. The maximum Gasteiger partial charge on any atom is 0.238 e. The number of nitrogens with zero attached hydrogens (tertiary/aromatic N) is 1. The van der Waals surface area contributed by atoms with E-state index in [1.165, 1.54) is 0 Å². The fraction of sp³-hybridized carbons (Fsp3) is 0.278. The molecule has 2 aromatic rings. The second-order valence-electron chi connectivity index (χ2n) is 5.53. The summed E-state index contributed by atoms with van der Waals surface area (Å²) in [5.41, 5.74) is -0.406. The molecule has 0 aliphatic rings. The fourth-order valence-corrected chi connectivity index (χ4v) is 2.13. The minimum absolute atomic E-state index is 0.0651. The van der Waals surface area contributed by atoms with Gasteiger partial charge in [0.15, 0.2) is 17.5 Å². The van der Waals surface area contributed by atoms with Gasteiger partial charge in [0.25, 0.3) is 0 Å². The molecule has 0 aliphatic heterocycles. The molecule has 1 N–H and O–H groups in total. The van der Waals surface area contributed by atoms with Crippen molar-refractivity contribution in [2.75, 3.05) is 39.2 Å². The molecule has 26 heavy (non-hydrogen) atoms. The van der Waals surface area contributed by atoms with Gasteiger partial charge in [-0.05, 0) is 43.4 Å². The lowest BCUT2D eigenvalue weighted by Gasteiger charge is -2.17. The van der Waals surface area contributed by atoms with Gasteiger partial charge < -0.3 is 14.8 Å². The number of carbonyl (C=O) groups excluding carboxylic acids is 1. The molecule has 0 aromatic heterocycles. The van der Waals surface area contributed by atoms with Crippen molar-refractivity contribution in [1.82, 2.24) is 4.90 Å². The second-order valence-corrected chi connectivity index (χ2v) is 5.53. The summed E-state index contributed by atoms with van der Waals surface area (Å²) in [6, 6.07) is 8.78. The van der Waals surface area contributed by atoms with Gasteiger partial charge in [-0.3, -0.25) is 9.69 Å². The monoisotopic (exact) mass is 368 g/mol. The molecule has 0 unspecified atom stereocenters. The number of halogens is 3. The quantitative estimate of drug-likeness (QED) is 0.728. The van der Waals surface area contributed by atoms with Crippen LogP contribution >= 0.6 is 0 Å². The lowest BCUT2D eigenvalue weighted by molar-refractivity contribution is -0.117. The Labute approximate surface area is 149 Å². The van der Waals surface area contributed by atoms with Crippen LogP contribution in [0.3, 0.4) is 0 Å². The third-order valence-corrected chi connectivity index (χ3v) is 3.52. The van der Waals surface area contributed by atoms with E-state index in [1.54, 1.807) is 43.3 Å². The normalized spacial score (nSPS) is 10.7. The molecule has 2 aromatic carbocycles. The number of anilines is 1. The van der Waals surface area contributed by atoms with Crippen molar-refractivity contribution in [2.45, 2.75) is 0 Å². The number of hydrogen-bond donors (Lipinski definition) is 1. The first-order valence-corrected chi connectivity index (χ1v) is 7.79. The second kappa shape index (κ2) is 9.10. The molecule has 0 atom stereocenters. The van der Waals surface area contributed by atoms with Crippen LogP contribution in [0.5, 0.6) is 11.5 Å². The van der Waals surface area contributed by atoms with Crippen LogP contribution in [0.4, 0.5) is 18.9 Å². The Hall–Kier alpha value is -2.74. The van der Waals surface area contributed by atoms with Crippen molar-refractivity contribution in [3.05, 3.63) is 53.8 Å². The minimum Gasteiger partial charge on any atom is -0.497 e. The summed E-state index contributed by atoms with van der Waals surface area (Å²) in [5.74, 6) is -3.54. The number of carbonyl (C=O) groups is 1. The van der Waals surface area contributed by atoms with Crippen LogP contribution in [-0.4, -0.2) is 44.7 Å². The van der Waals surface area contributed by atoms with Crippen LogP contribution in [0.2, 0.25) is 0 Å². The summed E-state index contributed by atoms with van der Waals surface area (Å²) >= 11 is 0. The predicted molar refractivity (Wildman–Crippen MR) is 90.9 cm³/mol. The maximum atomic E-state index is 13.5. The topological polar surface area (TPSA) is 50.8 Å². The van der Waals surface area contributed by atoms with Gasteiger partial charge in [-0.25, -0.2) is 13.2 Å². The molecule has 1 amide bonds. The number of hydrogen-bond acceptors (Lipinski definition) is 4. The Balaban J connectivity index is 1.77. The number of amides is 1. The summed E-state index contributed by atoms with van der Waals surface area (Å²) in [6.07, 6.45) is 0. The van der Waals surface area contributed by atoms with Crippen LogP contribution in [0.15, 0.2) is 36.4 Å². The smallest absolute Gasteiger partial charge is 0.238 e. The van der Waals surface area contributed by atoms with Gasteiger partial charge in [0, 0.05) is 6.54 Å². The number of rotatable bonds is 8. The Morgan fingerprint density at radius 2 is 1.69 bits per heavy atom. The highest BCUT2D eigenvalue weighted by atomic mass is 19.2. The average Bonchev–Trinajstić information content (AvgIpc) is 2.62. The van der Waals surface area contributed by atoms with Crippen LogP contribution < -0.4 is 14.8 Å². The SMILES string of the molecule is COc1ccc(OCCN(C)CC(=O)Nc2ccc(F)c(F)c2F)cc1. The average molecular weight is 368 g/mol.